The number of nitrogens with zero attached hydrogens (tertiary/aromatic N) is 5. The normalized spacial score (nSPS) is 12.5. The van der Waals surface area contributed by atoms with Crippen molar-refractivity contribution in [2.45, 2.75) is 52.4 Å². The van der Waals surface area contributed by atoms with E-state index in [0.717, 1.165) is 82.7 Å². The molecule has 5 heterocycles. The van der Waals surface area contributed by atoms with E-state index in [4.69, 9.17) is 14.7 Å². The molecule has 0 atom stereocenters. The van der Waals surface area contributed by atoms with Crippen molar-refractivity contribution in [3.05, 3.63) is 175 Å². The predicted molar refractivity (Wildman–Crippen MR) is 256 cm³/mol. The molecule has 0 aliphatic carbocycles. The summed E-state index contributed by atoms with van der Waals surface area (Å²) in [6.45, 7) is 13.5. The van der Waals surface area contributed by atoms with Crippen LogP contribution in [0.15, 0.2) is 152 Å². The number of fused-ring (bicyclic) bond motifs is 15. The number of hydrogen-bond acceptors (Lipinski definition) is 3. The summed E-state index contributed by atoms with van der Waals surface area (Å²) in [4.78, 5) is 10.2. The molecule has 0 saturated heterocycles. The van der Waals surface area contributed by atoms with Gasteiger partial charge in [0.2, 0.25) is 0 Å². The van der Waals surface area contributed by atoms with Gasteiger partial charge in [0, 0.05) is 45.2 Å². The third kappa shape index (κ3) is 6.02. The summed E-state index contributed by atoms with van der Waals surface area (Å²) >= 11 is 0. The number of imidazole rings is 1. The van der Waals surface area contributed by atoms with Gasteiger partial charge in [0.1, 0.15) is 5.82 Å². The van der Waals surface area contributed by atoms with Crippen LogP contribution in [-0.2, 0) is 31.3 Å². The minimum atomic E-state index is -0.0375. The number of pyridine rings is 2. The predicted octanol–water partition coefficient (Wildman–Crippen LogP) is 14.4. The second-order valence-electron chi connectivity index (χ2n) is 18.6. The van der Waals surface area contributed by atoms with Crippen LogP contribution in [0.5, 0.6) is 11.5 Å². The molecule has 7 heteroatoms. The summed E-state index contributed by atoms with van der Waals surface area (Å²) in [6, 6.07) is 59.1. The van der Waals surface area contributed by atoms with E-state index < -0.39 is 0 Å². The summed E-state index contributed by atoms with van der Waals surface area (Å²) in [5.41, 5.74) is 11.8. The second kappa shape index (κ2) is 14.1. The SMILES string of the molecule is CC(C)(C)c1ccnc(-n2c3[c-]c(Oc4[c-]c5c(cc4)c4ccc6c(c7ccccc7n6-c6ccccc6)c4n4c6ccccc6nc54)ccc3c3cc(C(C)(C)C)ccc32)c1.[Pd+2]. The van der Waals surface area contributed by atoms with E-state index in [0.29, 0.717) is 11.5 Å². The van der Waals surface area contributed by atoms with E-state index in [9.17, 15) is 0 Å². The van der Waals surface area contributed by atoms with Crippen molar-refractivity contribution in [3.8, 4) is 23.0 Å². The van der Waals surface area contributed by atoms with Crippen molar-refractivity contribution in [1.29, 1.82) is 0 Å². The number of ether oxygens (including phenoxy) is 1. The van der Waals surface area contributed by atoms with Gasteiger partial charge < -0.3 is 18.3 Å². The molecule has 0 unspecified atom stereocenters. The van der Waals surface area contributed by atoms with Gasteiger partial charge in [-0.1, -0.05) is 131 Å². The summed E-state index contributed by atoms with van der Waals surface area (Å²) in [5.74, 6) is 2.04. The molecule has 12 aromatic rings. The standard InChI is InChI=1S/C56H43N5O.Pd/c1-55(2,3)34-20-26-47-43(30-34)40-24-22-38(33-50(40)60(47)51-31-35(28-29-57-51)56(4,5)6)62-37-21-23-39-41-25-27-49-52(42-16-10-12-18-46(42)59(49)36-14-8-7-9-15-36)53(41)61-48-19-13-11-17-45(48)58-54(61)44(39)32-37;/h7-31H,1-6H3;/q-2;+2. The molecule has 0 N–H and O–H groups in total. The molecule has 6 nitrogen and oxygen atoms in total. The fourth-order valence-corrected chi connectivity index (χ4v) is 9.52. The maximum atomic E-state index is 6.77. The summed E-state index contributed by atoms with van der Waals surface area (Å²) in [7, 11) is 0. The Hall–Kier alpha value is -6.78. The molecule has 0 amide bonds. The van der Waals surface area contributed by atoms with Gasteiger partial charge in [-0.2, -0.15) is 6.07 Å². The van der Waals surface area contributed by atoms with Crippen LogP contribution in [0.1, 0.15) is 52.7 Å². The number of para-hydroxylation sites is 4. The summed E-state index contributed by atoms with van der Waals surface area (Å²) in [6.07, 6.45) is 1.91. The fourth-order valence-electron chi connectivity index (χ4n) is 9.52. The molecule has 0 aliphatic rings. The Labute approximate surface area is 379 Å². The zero-order chi connectivity index (χ0) is 42.1. The van der Waals surface area contributed by atoms with Gasteiger partial charge in [-0.3, -0.25) is 4.98 Å². The number of aromatic nitrogens is 5. The minimum absolute atomic E-state index is 0. The minimum Gasteiger partial charge on any atom is -0.503 e. The Bertz CT molecular complexity index is 3810. The molecule has 0 saturated carbocycles. The first kappa shape index (κ1) is 39.1. The fraction of sp³-hybridized carbons (Fsp3) is 0.143. The van der Waals surface area contributed by atoms with Gasteiger partial charge in [0.25, 0.3) is 0 Å². The zero-order valence-electron chi connectivity index (χ0n) is 35.9. The average molecular weight is 908 g/mol. The van der Waals surface area contributed by atoms with Gasteiger partial charge in [0.15, 0.2) is 0 Å². The van der Waals surface area contributed by atoms with Crippen LogP contribution in [0.25, 0.3) is 93.5 Å². The smallest absolute Gasteiger partial charge is 0.503 e. The van der Waals surface area contributed by atoms with Crippen molar-refractivity contribution in [3.63, 3.8) is 0 Å². The van der Waals surface area contributed by atoms with Gasteiger partial charge in [-0.15, -0.1) is 29.7 Å². The van der Waals surface area contributed by atoms with Crippen LogP contribution in [0, 0.1) is 12.1 Å². The monoisotopic (exact) mass is 907 g/mol. The summed E-state index contributed by atoms with van der Waals surface area (Å²) in [5, 5.41) is 7.72. The van der Waals surface area contributed by atoms with Gasteiger partial charge in [0.05, 0.1) is 27.7 Å². The van der Waals surface area contributed by atoms with Crippen LogP contribution < -0.4 is 4.74 Å². The molecule has 5 aromatic heterocycles. The molecule has 63 heavy (non-hydrogen) atoms. The largest absolute Gasteiger partial charge is 2.00 e. The molecule has 0 radical (unpaired) electrons. The van der Waals surface area contributed by atoms with Crippen LogP contribution in [0.3, 0.4) is 0 Å². The Kier molecular flexibility index (Phi) is 8.76. The first-order valence-electron chi connectivity index (χ1n) is 21.3. The van der Waals surface area contributed by atoms with Gasteiger partial charge in [-0.25, -0.2) is 4.98 Å². The van der Waals surface area contributed by atoms with Crippen molar-refractivity contribution >= 4 is 82.0 Å². The van der Waals surface area contributed by atoms with Crippen molar-refractivity contribution < 1.29 is 25.2 Å². The van der Waals surface area contributed by atoms with E-state index in [1.807, 2.05) is 18.3 Å². The van der Waals surface area contributed by atoms with Crippen LogP contribution in [0.4, 0.5) is 0 Å². The number of rotatable bonds is 4. The van der Waals surface area contributed by atoms with Gasteiger partial charge in [-0.05, 0) is 87.3 Å². The number of benzene rings is 7. The Morgan fingerprint density at radius 2 is 1.17 bits per heavy atom. The first-order valence-corrected chi connectivity index (χ1v) is 21.3. The molecular weight excluding hydrogens is 865 g/mol. The molecule has 308 valence electrons. The topological polar surface area (TPSA) is 49.3 Å². The van der Waals surface area contributed by atoms with E-state index in [1.54, 1.807) is 0 Å². The quantitative estimate of drug-likeness (QED) is 0.100. The molecule has 7 aromatic carbocycles. The maximum Gasteiger partial charge on any atom is 2.00 e. The first-order chi connectivity index (χ1) is 30.0. The van der Waals surface area contributed by atoms with E-state index >= 15 is 0 Å². The number of hydrogen-bond donors (Lipinski definition) is 0. The van der Waals surface area contributed by atoms with Gasteiger partial charge >= 0.3 is 20.4 Å². The van der Waals surface area contributed by atoms with E-state index in [-0.39, 0.29) is 31.3 Å². The van der Waals surface area contributed by atoms with Crippen LogP contribution in [-0.4, -0.2) is 23.5 Å². The Balaban J connectivity index is 0.00000444. The molecular formula is C56H43N5OPd. The molecule has 12 rings (SSSR count). The molecule has 0 bridgehead atoms. The van der Waals surface area contributed by atoms with Crippen molar-refractivity contribution in [1.82, 2.24) is 23.5 Å². The Morgan fingerprint density at radius 1 is 0.524 bits per heavy atom. The second-order valence-corrected chi connectivity index (χ2v) is 18.6. The van der Waals surface area contributed by atoms with Crippen molar-refractivity contribution in [2.24, 2.45) is 0 Å². The Morgan fingerprint density at radius 3 is 1.97 bits per heavy atom. The average Bonchev–Trinajstić information content (AvgIpc) is 3.94. The third-order valence-corrected chi connectivity index (χ3v) is 12.6. The maximum absolute atomic E-state index is 6.77. The molecule has 0 aliphatic heterocycles. The third-order valence-electron chi connectivity index (χ3n) is 12.6. The van der Waals surface area contributed by atoms with Crippen LogP contribution in [0.2, 0.25) is 0 Å². The molecule has 0 spiro atoms. The molecule has 0 fully saturated rings. The van der Waals surface area contributed by atoms with E-state index in [2.05, 4.69) is 201 Å². The zero-order valence-corrected chi connectivity index (χ0v) is 37.4. The van der Waals surface area contributed by atoms with Crippen LogP contribution >= 0.6 is 0 Å². The van der Waals surface area contributed by atoms with Crippen molar-refractivity contribution in [2.75, 3.05) is 0 Å². The summed E-state index contributed by atoms with van der Waals surface area (Å²) < 4.78 is 13.7. The van der Waals surface area contributed by atoms with E-state index in [1.165, 1.54) is 21.9 Å².